The van der Waals surface area contributed by atoms with Gasteiger partial charge in [-0.15, -0.1) is 11.3 Å². The van der Waals surface area contributed by atoms with Crippen molar-refractivity contribution in [3.05, 3.63) is 52.2 Å². The summed E-state index contributed by atoms with van der Waals surface area (Å²) in [6.07, 6.45) is 0. The second kappa shape index (κ2) is 8.49. The Labute approximate surface area is 146 Å². The van der Waals surface area contributed by atoms with Crippen LogP contribution in [0.1, 0.15) is 29.1 Å². The van der Waals surface area contributed by atoms with E-state index in [4.69, 9.17) is 4.74 Å². The van der Waals surface area contributed by atoms with Crippen LogP contribution in [0.15, 0.2) is 41.8 Å². The van der Waals surface area contributed by atoms with Crippen LogP contribution >= 0.6 is 11.3 Å². The number of methoxy groups -OCH3 is 1. The summed E-state index contributed by atoms with van der Waals surface area (Å²) in [5, 5.41) is 7.65. The summed E-state index contributed by atoms with van der Waals surface area (Å²) in [6.45, 7) is 4.26. The zero-order chi connectivity index (χ0) is 17.5. The molecule has 0 saturated carbocycles. The second-order valence-corrected chi connectivity index (χ2v) is 6.72. The van der Waals surface area contributed by atoms with Gasteiger partial charge in [0.05, 0.1) is 19.2 Å². The van der Waals surface area contributed by atoms with E-state index in [0.717, 1.165) is 4.88 Å². The Bertz CT molecular complexity index is 683. The van der Waals surface area contributed by atoms with Crippen LogP contribution in [-0.4, -0.2) is 25.0 Å². The van der Waals surface area contributed by atoms with Gasteiger partial charge < -0.3 is 15.4 Å². The number of carbonyl (C=O) groups excluding carboxylic acids is 2. The molecule has 128 valence electrons. The highest BCUT2D eigenvalue weighted by atomic mass is 32.1. The summed E-state index contributed by atoms with van der Waals surface area (Å²) >= 11 is 1.58. The summed E-state index contributed by atoms with van der Waals surface area (Å²) < 4.78 is 5.21. The number of carbonyl (C=O) groups is 2. The highest BCUT2D eigenvalue weighted by Crippen LogP contribution is 2.17. The normalized spacial score (nSPS) is 11.8. The fourth-order valence-electron chi connectivity index (χ4n) is 2.28. The highest BCUT2D eigenvalue weighted by molar-refractivity contribution is 7.09. The second-order valence-electron chi connectivity index (χ2n) is 5.69. The standard InChI is InChI=1S/C18H22N2O3S/c1-12(2)16(18(22)19-11-13-7-6-10-24-13)20-17(21)14-8-4-5-9-15(14)23-3/h4-10,12,16H,11H2,1-3H3,(H,19,22)(H,20,21)/t16-/m1/s1. The summed E-state index contributed by atoms with van der Waals surface area (Å²) in [6, 6.07) is 10.2. The molecule has 1 heterocycles. The van der Waals surface area contributed by atoms with Crippen LogP contribution in [0.5, 0.6) is 5.75 Å². The van der Waals surface area contributed by atoms with E-state index in [1.807, 2.05) is 31.4 Å². The molecule has 0 aliphatic rings. The Morgan fingerprint density at radius 2 is 1.92 bits per heavy atom. The van der Waals surface area contributed by atoms with Crippen LogP contribution < -0.4 is 15.4 Å². The Kier molecular flexibility index (Phi) is 6.37. The highest BCUT2D eigenvalue weighted by Gasteiger charge is 2.25. The molecule has 1 aromatic carbocycles. The zero-order valence-corrected chi connectivity index (χ0v) is 14.9. The van der Waals surface area contributed by atoms with Crippen molar-refractivity contribution in [1.82, 2.24) is 10.6 Å². The molecule has 0 aliphatic carbocycles. The van der Waals surface area contributed by atoms with Crippen LogP contribution in [0.2, 0.25) is 0 Å². The molecular formula is C18H22N2O3S. The van der Waals surface area contributed by atoms with Gasteiger partial charge in [0.15, 0.2) is 0 Å². The lowest BCUT2D eigenvalue weighted by molar-refractivity contribution is -0.124. The fourth-order valence-corrected chi connectivity index (χ4v) is 2.93. The number of rotatable bonds is 7. The maximum atomic E-state index is 12.5. The van der Waals surface area contributed by atoms with E-state index >= 15 is 0 Å². The van der Waals surface area contributed by atoms with Crippen molar-refractivity contribution in [2.75, 3.05) is 7.11 Å². The predicted molar refractivity (Wildman–Crippen MR) is 95.3 cm³/mol. The van der Waals surface area contributed by atoms with Crippen molar-refractivity contribution < 1.29 is 14.3 Å². The van der Waals surface area contributed by atoms with Crippen molar-refractivity contribution in [3.63, 3.8) is 0 Å². The predicted octanol–water partition coefficient (Wildman–Crippen LogP) is 2.83. The van der Waals surface area contributed by atoms with E-state index in [0.29, 0.717) is 17.9 Å². The number of ether oxygens (including phenoxy) is 1. The Morgan fingerprint density at radius 3 is 2.54 bits per heavy atom. The van der Waals surface area contributed by atoms with Gasteiger partial charge in [-0.2, -0.15) is 0 Å². The Morgan fingerprint density at radius 1 is 1.17 bits per heavy atom. The summed E-state index contributed by atoms with van der Waals surface area (Å²) in [4.78, 5) is 26.0. The number of thiophene rings is 1. The van der Waals surface area contributed by atoms with Crippen molar-refractivity contribution in [2.45, 2.75) is 26.4 Å². The molecule has 1 atom stereocenters. The molecule has 6 heteroatoms. The van der Waals surface area contributed by atoms with Crippen molar-refractivity contribution in [2.24, 2.45) is 5.92 Å². The van der Waals surface area contributed by atoms with E-state index in [1.165, 1.54) is 7.11 Å². The third-order valence-corrected chi connectivity index (χ3v) is 4.48. The molecule has 1 aromatic heterocycles. The van der Waals surface area contributed by atoms with Gasteiger partial charge in [-0.25, -0.2) is 0 Å². The van der Waals surface area contributed by atoms with E-state index < -0.39 is 6.04 Å². The molecule has 0 saturated heterocycles. The van der Waals surface area contributed by atoms with E-state index in [9.17, 15) is 9.59 Å². The number of para-hydroxylation sites is 1. The largest absolute Gasteiger partial charge is 0.496 e. The molecular weight excluding hydrogens is 324 g/mol. The lowest BCUT2D eigenvalue weighted by atomic mass is 10.0. The molecule has 5 nitrogen and oxygen atoms in total. The minimum atomic E-state index is -0.609. The molecule has 2 N–H and O–H groups in total. The molecule has 0 unspecified atom stereocenters. The molecule has 2 rings (SSSR count). The molecule has 2 aromatic rings. The zero-order valence-electron chi connectivity index (χ0n) is 14.0. The fraction of sp³-hybridized carbons (Fsp3) is 0.333. The SMILES string of the molecule is COc1ccccc1C(=O)N[C@@H](C(=O)NCc1cccs1)C(C)C. The van der Waals surface area contributed by atoms with E-state index in [-0.39, 0.29) is 17.7 Å². The maximum Gasteiger partial charge on any atom is 0.255 e. The maximum absolute atomic E-state index is 12.5. The Hall–Kier alpha value is -2.34. The molecule has 0 fully saturated rings. The van der Waals surface area contributed by atoms with Gasteiger partial charge in [-0.1, -0.05) is 32.0 Å². The molecule has 2 amide bonds. The van der Waals surface area contributed by atoms with Crippen LogP contribution in [0.4, 0.5) is 0 Å². The van der Waals surface area contributed by atoms with Gasteiger partial charge in [0, 0.05) is 4.88 Å². The van der Waals surface area contributed by atoms with Crippen molar-refractivity contribution in [3.8, 4) is 5.75 Å². The van der Waals surface area contributed by atoms with Crippen molar-refractivity contribution >= 4 is 23.2 Å². The van der Waals surface area contributed by atoms with Crippen LogP contribution in [0.3, 0.4) is 0 Å². The molecule has 24 heavy (non-hydrogen) atoms. The van der Waals surface area contributed by atoms with Crippen LogP contribution in [0, 0.1) is 5.92 Å². The molecule has 0 aliphatic heterocycles. The van der Waals surface area contributed by atoms with E-state index in [2.05, 4.69) is 10.6 Å². The smallest absolute Gasteiger partial charge is 0.255 e. The first kappa shape index (κ1) is 18.0. The average molecular weight is 346 g/mol. The number of hydrogen-bond donors (Lipinski definition) is 2. The summed E-state index contributed by atoms with van der Waals surface area (Å²) in [7, 11) is 1.51. The first-order valence-electron chi connectivity index (χ1n) is 7.77. The number of amides is 2. The van der Waals surface area contributed by atoms with Crippen LogP contribution in [-0.2, 0) is 11.3 Å². The van der Waals surface area contributed by atoms with Gasteiger partial charge in [0.2, 0.25) is 5.91 Å². The molecule has 0 radical (unpaired) electrons. The first-order chi connectivity index (χ1) is 11.5. The third kappa shape index (κ3) is 4.58. The van der Waals surface area contributed by atoms with Gasteiger partial charge in [-0.3, -0.25) is 9.59 Å². The molecule has 0 bridgehead atoms. The quantitative estimate of drug-likeness (QED) is 0.810. The van der Waals surface area contributed by atoms with Crippen LogP contribution in [0.25, 0.3) is 0 Å². The lowest BCUT2D eigenvalue weighted by Crippen LogP contribution is -2.49. The van der Waals surface area contributed by atoms with Gasteiger partial charge in [0.1, 0.15) is 11.8 Å². The van der Waals surface area contributed by atoms with Gasteiger partial charge in [0.25, 0.3) is 5.91 Å². The monoisotopic (exact) mass is 346 g/mol. The average Bonchev–Trinajstić information content (AvgIpc) is 3.10. The topological polar surface area (TPSA) is 67.4 Å². The van der Waals surface area contributed by atoms with E-state index in [1.54, 1.807) is 35.6 Å². The number of benzene rings is 1. The van der Waals surface area contributed by atoms with Gasteiger partial charge >= 0.3 is 0 Å². The first-order valence-corrected chi connectivity index (χ1v) is 8.65. The van der Waals surface area contributed by atoms with Gasteiger partial charge in [-0.05, 0) is 29.5 Å². The minimum absolute atomic E-state index is 0.0352. The number of nitrogens with one attached hydrogen (secondary N) is 2. The minimum Gasteiger partial charge on any atom is -0.496 e. The Balaban J connectivity index is 2.04. The molecule has 0 spiro atoms. The number of hydrogen-bond acceptors (Lipinski definition) is 4. The third-order valence-electron chi connectivity index (χ3n) is 3.60. The summed E-state index contributed by atoms with van der Waals surface area (Å²) in [5.41, 5.74) is 0.414. The summed E-state index contributed by atoms with van der Waals surface area (Å²) in [5.74, 6) is -0.0671. The lowest BCUT2D eigenvalue weighted by Gasteiger charge is -2.22. The van der Waals surface area contributed by atoms with Crippen molar-refractivity contribution in [1.29, 1.82) is 0 Å².